The molecule has 62 valence electrons. The van der Waals surface area contributed by atoms with Gasteiger partial charge in [0.15, 0.2) is 10.3 Å². The quantitative estimate of drug-likeness (QED) is 0.661. The van der Waals surface area contributed by atoms with Gasteiger partial charge < -0.3 is 0 Å². The van der Waals surface area contributed by atoms with E-state index in [1.807, 2.05) is 0 Å². The van der Waals surface area contributed by atoms with E-state index >= 15 is 0 Å². The van der Waals surface area contributed by atoms with Gasteiger partial charge in [0.25, 0.3) is 0 Å². The number of aromatic nitrogens is 1. The highest BCUT2D eigenvalue weighted by atomic mass is 35.5. The van der Waals surface area contributed by atoms with Crippen molar-refractivity contribution in [2.24, 2.45) is 0 Å². The molecule has 0 aliphatic heterocycles. The fourth-order valence-electron chi connectivity index (χ4n) is 0.909. The van der Waals surface area contributed by atoms with Crippen molar-refractivity contribution in [2.75, 3.05) is 0 Å². The molecule has 0 amide bonds. The number of nitrogens with zero attached hydrogens (tertiary/aromatic N) is 1. The Hall–Kier alpha value is -0.380. The predicted octanol–water partition coefficient (Wildman–Crippen LogP) is 3.74. The number of thiazole rings is 1. The molecule has 5 heteroatoms. The van der Waals surface area contributed by atoms with Crippen molar-refractivity contribution in [1.29, 1.82) is 0 Å². The minimum absolute atomic E-state index is 0.0998. The lowest BCUT2D eigenvalue weighted by Gasteiger charge is -1.91. The lowest BCUT2D eigenvalue weighted by Crippen LogP contribution is -1.75. The zero-order valence-corrected chi connectivity index (χ0v) is 7.97. The van der Waals surface area contributed by atoms with Crippen LogP contribution in [0.5, 0.6) is 0 Å². The Morgan fingerprint density at radius 1 is 1.33 bits per heavy atom. The van der Waals surface area contributed by atoms with Crippen LogP contribution in [-0.4, -0.2) is 4.98 Å². The van der Waals surface area contributed by atoms with Crippen LogP contribution in [-0.2, 0) is 0 Å². The summed E-state index contributed by atoms with van der Waals surface area (Å²) in [6.45, 7) is 0. The lowest BCUT2D eigenvalue weighted by atomic mass is 10.3. The smallest absolute Gasteiger partial charge is 0.184 e. The fourth-order valence-corrected chi connectivity index (χ4v) is 2.17. The molecule has 0 bridgehead atoms. The fraction of sp³-hybridized carbons (Fsp3) is 0. The normalized spacial score (nSPS) is 10.9. The molecule has 0 fully saturated rings. The van der Waals surface area contributed by atoms with Gasteiger partial charge in [0, 0.05) is 0 Å². The molecule has 0 saturated heterocycles. The van der Waals surface area contributed by atoms with Crippen LogP contribution in [0.2, 0.25) is 9.49 Å². The monoisotopic (exact) mass is 221 g/mol. The van der Waals surface area contributed by atoms with Gasteiger partial charge in [-0.25, -0.2) is 9.37 Å². The second-order valence-electron chi connectivity index (χ2n) is 2.18. The summed E-state index contributed by atoms with van der Waals surface area (Å²) in [7, 11) is 0. The predicted molar refractivity (Wildman–Crippen MR) is 49.6 cm³/mol. The van der Waals surface area contributed by atoms with E-state index in [1.165, 1.54) is 6.07 Å². The van der Waals surface area contributed by atoms with Crippen molar-refractivity contribution in [3.8, 4) is 0 Å². The lowest BCUT2D eigenvalue weighted by molar-refractivity contribution is 0.642. The molecular formula is C7H2Cl2FNS. The number of hydrogen-bond acceptors (Lipinski definition) is 2. The number of benzene rings is 1. The van der Waals surface area contributed by atoms with E-state index in [0.29, 0.717) is 14.7 Å². The van der Waals surface area contributed by atoms with Crippen LogP contribution in [0.1, 0.15) is 0 Å². The maximum Gasteiger partial charge on any atom is 0.184 e. The molecule has 12 heavy (non-hydrogen) atoms. The molecule has 2 rings (SSSR count). The van der Waals surface area contributed by atoms with Crippen molar-refractivity contribution in [2.45, 2.75) is 0 Å². The molecule has 0 spiro atoms. The molecule has 0 atom stereocenters. The Kier molecular flexibility index (Phi) is 1.94. The average Bonchev–Trinajstić information content (AvgIpc) is 2.39. The standard InChI is InChI=1S/C7H2Cl2FNS/c8-3-1-2-4-6(5(3)10)12-7(9)11-4/h1-2H. The van der Waals surface area contributed by atoms with Crippen LogP contribution in [0.15, 0.2) is 12.1 Å². The average molecular weight is 222 g/mol. The Morgan fingerprint density at radius 3 is 2.83 bits per heavy atom. The van der Waals surface area contributed by atoms with Gasteiger partial charge >= 0.3 is 0 Å². The summed E-state index contributed by atoms with van der Waals surface area (Å²) in [6.07, 6.45) is 0. The SMILES string of the molecule is Fc1c(Cl)ccc2nc(Cl)sc12. The minimum Gasteiger partial charge on any atom is -0.225 e. The van der Waals surface area contributed by atoms with E-state index in [1.54, 1.807) is 6.07 Å². The minimum atomic E-state index is -0.446. The van der Waals surface area contributed by atoms with E-state index < -0.39 is 5.82 Å². The molecule has 0 aliphatic carbocycles. The second kappa shape index (κ2) is 2.83. The van der Waals surface area contributed by atoms with E-state index in [9.17, 15) is 4.39 Å². The highest BCUT2D eigenvalue weighted by Gasteiger charge is 2.09. The van der Waals surface area contributed by atoms with E-state index in [2.05, 4.69) is 4.98 Å². The van der Waals surface area contributed by atoms with E-state index in [0.717, 1.165) is 11.3 Å². The Labute approximate surface area is 81.7 Å². The van der Waals surface area contributed by atoms with Crippen molar-refractivity contribution in [3.05, 3.63) is 27.4 Å². The van der Waals surface area contributed by atoms with Crippen LogP contribution in [0.3, 0.4) is 0 Å². The van der Waals surface area contributed by atoms with E-state index in [-0.39, 0.29) is 5.02 Å². The Morgan fingerprint density at radius 2 is 2.08 bits per heavy atom. The van der Waals surface area contributed by atoms with Gasteiger partial charge in [-0.3, -0.25) is 0 Å². The summed E-state index contributed by atoms with van der Waals surface area (Å²) in [4.78, 5) is 3.90. The largest absolute Gasteiger partial charge is 0.225 e. The molecule has 1 nitrogen and oxygen atoms in total. The molecule has 0 N–H and O–H groups in total. The summed E-state index contributed by atoms with van der Waals surface area (Å²) >= 11 is 12.3. The summed E-state index contributed by atoms with van der Waals surface area (Å²) in [6, 6.07) is 3.11. The molecule has 1 aromatic carbocycles. The third kappa shape index (κ3) is 1.18. The van der Waals surface area contributed by atoms with Gasteiger partial charge in [-0.1, -0.05) is 34.5 Å². The van der Waals surface area contributed by atoms with Gasteiger partial charge in [-0.15, -0.1) is 0 Å². The highest BCUT2D eigenvalue weighted by molar-refractivity contribution is 7.22. The Bertz CT molecular complexity index is 440. The van der Waals surface area contributed by atoms with Gasteiger partial charge in [-0.05, 0) is 12.1 Å². The summed E-state index contributed by atoms with van der Waals surface area (Å²) in [5.41, 5.74) is 0.548. The zero-order valence-electron chi connectivity index (χ0n) is 5.64. The van der Waals surface area contributed by atoms with Crippen LogP contribution in [0.25, 0.3) is 10.2 Å². The number of hydrogen-bond donors (Lipinski definition) is 0. The maximum absolute atomic E-state index is 13.2. The van der Waals surface area contributed by atoms with Crippen LogP contribution >= 0.6 is 34.5 Å². The van der Waals surface area contributed by atoms with Crippen molar-refractivity contribution in [3.63, 3.8) is 0 Å². The third-order valence-corrected chi connectivity index (χ3v) is 2.88. The molecule has 0 unspecified atom stereocenters. The first kappa shape index (κ1) is 8.23. The molecule has 0 aliphatic rings. The molecule has 0 radical (unpaired) electrons. The molecule has 1 aromatic heterocycles. The second-order valence-corrected chi connectivity index (χ2v) is 4.16. The third-order valence-electron chi connectivity index (χ3n) is 1.42. The molecular weight excluding hydrogens is 220 g/mol. The van der Waals surface area contributed by atoms with Crippen molar-refractivity contribution in [1.82, 2.24) is 4.98 Å². The molecule has 2 aromatic rings. The van der Waals surface area contributed by atoms with Crippen molar-refractivity contribution < 1.29 is 4.39 Å². The molecule has 0 saturated carbocycles. The van der Waals surface area contributed by atoms with Gasteiger partial charge in [-0.2, -0.15) is 0 Å². The topological polar surface area (TPSA) is 12.9 Å². The molecule has 1 heterocycles. The van der Waals surface area contributed by atoms with Crippen LogP contribution in [0.4, 0.5) is 4.39 Å². The number of halogens is 3. The summed E-state index contributed by atoms with van der Waals surface area (Å²) < 4.78 is 13.9. The first-order valence-corrected chi connectivity index (χ1v) is 4.66. The van der Waals surface area contributed by atoms with Crippen molar-refractivity contribution >= 4 is 44.8 Å². The summed E-state index contributed by atoms with van der Waals surface area (Å²) in [5.74, 6) is -0.446. The number of rotatable bonds is 0. The highest BCUT2D eigenvalue weighted by Crippen LogP contribution is 2.31. The Balaban J connectivity index is 2.89. The first-order valence-electron chi connectivity index (χ1n) is 3.08. The van der Waals surface area contributed by atoms with Gasteiger partial charge in [0.2, 0.25) is 0 Å². The first-order chi connectivity index (χ1) is 5.68. The summed E-state index contributed by atoms with van der Waals surface area (Å²) in [5, 5.41) is 0.0998. The van der Waals surface area contributed by atoms with Gasteiger partial charge in [0.05, 0.1) is 15.2 Å². The zero-order chi connectivity index (χ0) is 8.72. The van der Waals surface area contributed by atoms with E-state index in [4.69, 9.17) is 23.2 Å². The van der Waals surface area contributed by atoms with Crippen LogP contribution in [0, 0.1) is 5.82 Å². The van der Waals surface area contributed by atoms with Gasteiger partial charge in [0.1, 0.15) is 0 Å². The number of fused-ring (bicyclic) bond motifs is 1. The maximum atomic E-state index is 13.2. The van der Waals surface area contributed by atoms with Crippen LogP contribution < -0.4 is 0 Å².